The maximum absolute atomic E-state index is 14.9. The lowest BCUT2D eigenvalue weighted by atomic mass is 9.71. The molecular formula is C35H43FN6O6. The number of benzene rings is 2. The number of nitrogens with zero attached hydrogens (tertiary/aromatic N) is 3. The molecular weight excluding hydrogens is 619 g/mol. The van der Waals surface area contributed by atoms with Crippen LogP contribution in [0.25, 0.3) is 10.8 Å². The number of fused-ring (bicyclic) bond motifs is 4. The van der Waals surface area contributed by atoms with Crippen molar-refractivity contribution in [2.75, 3.05) is 45.9 Å². The Hall–Kier alpha value is -4.36. The topological polar surface area (TPSA) is 146 Å². The number of halogens is 1. The third kappa shape index (κ3) is 7.36. The molecule has 4 fully saturated rings. The number of carbonyl (C=O) groups is 3. The van der Waals surface area contributed by atoms with Gasteiger partial charge in [-0.25, -0.2) is 14.3 Å². The monoisotopic (exact) mass is 662 g/mol. The molecule has 256 valence electrons. The number of rotatable bonds is 8. The van der Waals surface area contributed by atoms with Crippen molar-refractivity contribution >= 4 is 28.7 Å². The van der Waals surface area contributed by atoms with Gasteiger partial charge in [-0.1, -0.05) is 24.3 Å². The van der Waals surface area contributed by atoms with E-state index < -0.39 is 29.0 Å². The number of nitrogens with one attached hydrogen (secondary N) is 3. The fraction of sp³-hybridized carbons (Fsp3) is 0.514. The highest BCUT2D eigenvalue weighted by molar-refractivity contribution is 5.95. The second kappa shape index (κ2) is 13.3. The number of ether oxygens (including phenoxy) is 2. The summed E-state index contributed by atoms with van der Waals surface area (Å²) in [6.45, 7) is 7.86. The Morgan fingerprint density at radius 2 is 1.69 bits per heavy atom. The van der Waals surface area contributed by atoms with E-state index in [1.54, 1.807) is 28.0 Å². The van der Waals surface area contributed by atoms with Gasteiger partial charge in [-0.05, 0) is 70.2 Å². The van der Waals surface area contributed by atoms with Crippen molar-refractivity contribution in [1.82, 2.24) is 30.6 Å². The summed E-state index contributed by atoms with van der Waals surface area (Å²) in [5, 5.41) is 14.2. The van der Waals surface area contributed by atoms with E-state index in [0.717, 1.165) is 25.7 Å². The van der Waals surface area contributed by atoms with Gasteiger partial charge in [0.15, 0.2) is 0 Å². The Kier molecular flexibility index (Phi) is 9.27. The smallest absolute Gasteiger partial charge is 0.408 e. The Labute approximate surface area is 278 Å². The summed E-state index contributed by atoms with van der Waals surface area (Å²) in [4.78, 5) is 54.2. The van der Waals surface area contributed by atoms with Gasteiger partial charge in [0.1, 0.15) is 11.4 Å². The second-order valence-corrected chi connectivity index (χ2v) is 14.2. The standard InChI is InChI=1S/C35H43FN6O6/c1-33(2,3)48-32(46)38-34-10-12-35(13-11-34,47-22-34)21-37-20-29(43)41-14-16-42(17-15-41)31(45)26-18-23(8-9-27(26)36)19-28-24-6-4-5-7-25(24)30(44)40-39-28/h4-9,18,37H,10-17,19-22H2,1-3H3,(H,38,46)(H,40,44). The third-order valence-corrected chi connectivity index (χ3v) is 9.59. The first kappa shape index (κ1) is 33.5. The highest BCUT2D eigenvalue weighted by atomic mass is 19.1. The molecule has 2 aromatic carbocycles. The molecule has 0 spiro atoms. The number of aromatic amines is 1. The zero-order valence-corrected chi connectivity index (χ0v) is 27.7. The fourth-order valence-corrected chi connectivity index (χ4v) is 6.86. The summed E-state index contributed by atoms with van der Waals surface area (Å²) in [5.74, 6) is -1.11. The van der Waals surface area contributed by atoms with Crippen molar-refractivity contribution in [1.29, 1.82) is 0 Å². The molecule has 1 aliphatic carbocycles. The molecule has 0 radical (unpaired) electrons. The van der Waals surface area contributed by atoms with E-state index >= 15 is 0 Å². The van der Waals surface area contributed by atoms with E-state index in [9.17, 15) is 23.6 Å². The van der Waals surface area contributed by atoms with Gasteiger partial charge >= 0.3 is 6.09 Å². The largest absolute Gasteiger partial charge is 0.444 e. The predicted octanol–water partition coefficient (Wildman–Crippen LogP) is 3.13. The average Bonchev–Trinajstić information content (AvgIpc) is 3.06. The Morgan fingerprint density at radius 3 is 2.35 bits per heavy atom. The molecule has 1 aromatic heterocycles. The van der Waals surface area contributed by atoms with Crippen LogP contribution in [0.2, 0.25) is 0 Å². The molecule has 0 unspecified atom stereocenters. The Bertz CT molecular complexity index is 1740. The number of hydrogen-bond donors (Lipinski definition) is 3. The number of piperazine rings is 1. The van der Waals surface area contributed by atoms with Crippen LogP contribution >= 0.6 is 0 Å². The minimum atomic E-state index is -0.615. The lowest BCUT2D eigenvalue weighted by molar-refractivity contribution is -0.159. The van der Waals surface area contributed by atoms with E-state index in [1.807, 2.05) is 32.9 Å². The van der Waals surface area contributed by atoms with Crippen LogP contribution in [0, 0.1) is 5.82 Å². The van der Waals surface area contributed by atoms with Crippen molar-refractivity contribution in [2.24, 2.45) is 0 Å². The van der Waals surface area contributed by atoms with Gasteiger partial charge in [0.05, 0.1) is 40.9 Å². The van der Waals surface area contributed by atoms with E-state index in [-0.39, 0.29) is 29.2 Å². The molecule has 0 atom stereocenters. The van der Waals surface area contributed by atoms with E-state index in [0.29, 0.717) is 67.8 Å². The molecule has 2 bridgehead atoms. The summed E-state index contributed by atoms with van der Waals surface area (Å²) in [5.41, 5.74) is -0.372. The quantitative estimate of drug-likeness (QED) is 0.334. The molecule has 3 saturated heterocycles. The summed E-state index contributed by atoms with van der Waals surface area (Å²) < 4.78 is 26.6. The highest BCUT2D eigenvalue weighted by Gasteiger charge is 2.50. The zero-order valence-electron chi connectivity index (χ0n) is 27.7. The van der Waals surface area contributed by atoms with Gasteiger partial charge in [0.2, 0.25) is 5.91 Å². The fourth-order valence-electron chi connectivity index (χ4n) is 6.86. The summed E-state index contributed by atoms with van der Waals surface area (Å²) >= 11 is 0. The van der Waals surface area contributed by atoms with Crippen LogP contribution in [-0.2, 0) is 20.7 Å². The molecule has 13 heteroatoms. The number of carbonyl (C=O) groups excluding carboxylic acids is 3. The van der Waals surface area contributed by atoms with E-state index in [4.69, 9.17) is 9.47 Å². The van der Waals surface area contributed by atoms with Crippen LogP contribution in [0.15, 0.2) is 47.3 Å². The Morgan fingerprint density at radius 1 is 1.00 bits per heavy atom. The van der Waals surface area contributed by atoms with Crippen LogP contribution in [0.1, 0.15) is 68.1 Å². The minimum absolute atomic E-state index is 0.0350. The van der Waals surface area contributed by atoms with Gasteiger partial charge in [0, 0.05) is 44.5 Å². The first-order valence-electron chi connectivity index (χ1n) is 16.5. The first-order chi connectivity index (χ1) is 22.8. The molecule has 3 amide bonds. The first-order valence-corrected chi connectivity index (χ1v) is 16.5. The van der Waals surface area contributed by atoms with Crippen molar-refractivity contribution in [3.63, 3.8) is 0 Å². The summed E-state index contributed by atoms with van der Waals surface area (Å²) in [6.07, 6.45) is 2.97. The van der Waals surface area contributed by atoms with Gasteiger partial charge < -0.3 is 29.9 Å². The van der Waals surface area contributed by atoms with Crippen molar-refractivity contribution in [3.05, 3.63) is 75.5 Å². The number of hydrogen-bond acceptors (Lipinski definition) is 8. The van der Waals surface area contributed by atoms with Crippen LogP contribution in [0.4, 0.5) is 9.18 Å². The maximum atomic E-state index is 14.9. The number of alkyl carbamates (subject to hydrolysis) is 1. The van der Waals surface area contributed by atoms with Gasteiger partial charge in [0.25, 0.3) is 11.5 Å². The van der Waals surface area contributed by atoms with Gasteiger partial charge in [-0.2, -0.15) is 5.10 Å². The maximum Gasteiger partial charge on any atom is 0.408 e. The lowest BCUT2D eigenvalue weighted by Crippen LogP contribution is -2.65. The van der Waals surface area contributed by atoms with Crippen molar-refractivity contribution < 1.29 is 28.2 Å². The molecule has 1 saturated carbocycles. The predicted molar refractivity (Wildman–Crippen MR) is 176 cm³/mol. The second-order valence-electron chi connectivity index (χ2n) is 14.2. The highest BCUT2D eigenvalue weighted by Crippen LogP contribution is 2.43. The Balaban J connectivity index is 0.973. The molecule has 3 aliphatic heterocycles. The minimum Gasteiger partial charge on any atom is -0.444 e. The molecule has 7 rings (SSSR count). The van der Waals surface area contributed by atoms with E-state index in [1.165, 1.54) is 12.1 Å². The molecule has 3 aromatic rings. The molecule has 3 N–H and O–H groups in total. The number of H-pyrrole nitrogens is 1. The third-order valence-electron chi connectivity index (χ3n) is 9.59. The molecule has 4 heterocycles. The lowest BCUT2D eigenvalue weighted by Gasteiger charge is -2.53. The van der Waals surface area contributed by atoms with Crippen LogP contribution in [-0.4, -0.2) is 101 Å². The zero-order chi connectivity index (χ0) is 34.1. The van der Waals surface area contributed by atoms with Crippen LogP contribution in [0.5, 0.6) is 0 Å². The van der Waals surface area contributed by atoms with Crippen molar-refractivity contribution in [3.8, 4) is 0 Å². The SMILES string of the molecule is CC(C)(C)OC(=O)NC12CCC(CNCC(=O)N3CCN(C(=O)c4cc(Cc5n[nH]c(=O)c6ccccc56)ccc4F)CC3)(CC1)OC2. The van der Waals surface area contributed by atoms with E-state index in [2.05, 4.69) is 20.8 Å². The van der Waals surface area contributed by atoms with Gasteiger partial charge in [-0.15, -0.1) is 0 Å². The van der Waals surface area contributed by atoms with Crippen LogP contribution < -0.4 is 16.2 Å². The molecule has 48 heavy (non-hydrogen) atoms. The average molecular weight is 663 g/mol. The van der Waals surface area contributed by atoms with Crippen molar-refractivity contribution in [2.45, 2.75) is 69.6 Å². The number of amides is 3. The van der Waals surface area contributed by atoms with Crippen LogP contribution in [0.3, 0.4) is 0 Å². The summed E-state index contributed by atoms with van der Waals surface area (Å²) in [7, 11) is 0. The van der Waals surface area contributed by atoms with Gasteiger partial charge in [-0.3, -0.25) is 14.4 Å². The molecule has 12 nitrogen and oxygen atoms in total. The molecule has 4 aliphatic rings. The summed E-state index contributed by atoms with van der Waals surface area (Å²) in [6, 6.07) is 11.6. The number of aromatic nitrogens is 2. The normalized spacial score (nSPS) is 22.5.